The number of ketones is 1. The standard InChI is InChI=1S/C15H21NO2/c1-2-18-14-7-5-13(6-8-14)15(17)10-12-4-3-9-16-11-12/h5-8,12,16H,2-4,9-11H2,1H3. The average molecular weight is 247 g/mol. The second-order valence-corrected chi connectivity index (χ2v) is 4.80. The summed E-state index contributed by atoms with van der Waals surface area (Å²) < 4.78 is 5.37. The molecule has 1 N–H and O–H groups in total. The van der Waals surface area contributed by atoms with Crippen molar-refractivity contribution in [3.05, 3.63) is 29.8 Å². The van der Waals surface area contributed by atoms with Crippen molar-refractivity contribution in [1.82, 2.24) is 5.32 Å². The molecule has 1 atom stereocenters. The molecule has 1 aromatic rings. The van der Waals surface area contributed by atoms with Crippen molar-refractivity contribution >= 4 is 5.78 Å². The normalized spacial score (nSPS) is 19.5. The third kappa shape index (κ3) is 3.57. The van der Waals surface area contributed by atoms with Crippen LogP contribution in [0.15, 0.2) is 24.3 Å². The summed E-state index contributed by atoms with van der Waals surface area (Å²) >= 11 is 0. The average Bonchev–Trinajstić information content (AvgIpc) is 2.41. The molecule has 0 amide bonds. The largest absolute Gasteiger partial charge is 0.494 e. The molecule has 0 radical (unpaired) electrons. The summed E-state index contributed by atoms with van der Waals surface area (Å²) in [7, 11) is 0. The highest BCUT2D eigenvalue weighted by molar-refractivity contribution is 5.96. The van der Waals surface area contributed by atoms with Gasteiger partial charge in [-0.15, -0.1) is 0 Å². The topological polar surface area (TPSA) is 38.3 Å². The van der Waals surface area contributed by atoms with Crippen molar-refractivity contribution in [3.8, 4) is 5.75 Å². The predicted octanol–water partition coefficient (Wildman–Crippen LogP) is 2.66. The van der Waals surface area contributed by atoms with E-state index >= 15 is 0 Å². The highest BCUT2D eigenvalue weighted by Crippen LogP contribution is 2.19. The molecule has 0 bridgehead atoms. The molecule has 1 aromatic carbocycles. The van der Waals surface area contributed by atoms with Crippen LogP contribution in [0.1, 0.15) is 36.5 Å². The van der Waals surface area contributed by atoms with E-state index in [0.717, 1.165) is 30.8 Å². The van der Waals surface area contributed by atoms with Gasteiger partial charge in [-0.05, 0) is 63.0 Å². The summed E-state index contributed by atoms with van der Waals surface area (Å²) in [5.74, 6) is 1.57. The number of piperidine rings is 1. The van der Waals surface area contributed by atoms with Gasteiger partial charge in [-0.1, -0.05) is 0 Å². The van der Waals surface area contributed by atoms with Gasteiger partial charge in [0.05, 0.1) is 6.61 Å². The Labute approximate surface area is 109 Å². The Morgan fingerprint density at radius 2 is 2.17 bits per heavy atom. The molecule has 2 rings (SSSR count). The Morgan fingerprint density at radius 1 is 1.39 bits per heavy atom. The van der Waals surface area contributed by atoms with Crippen LogP contribution in [0.5, 0.6) is 5.75 Å². The van der Waals surface area contributed by atoms with Gasteiger partial charge in [0.15, 0.2) is 5.78 Å². The fourth-order valence-corrected chi connectivity index (χ4v) is 2.38. The molecule has 0 spiro atoms. The lowest BCUT2D eigenvalue weighted by atomic mass is 9.92. The van der Waals surface area contributed by atoms with Crippen LogP contribution in [0.4, 0.5) is 0 Å². The summed E-state index contributed by atoms with van der Waals surface area (Å²) in [5.41, 5.74) is 0.795. The van der Waals surface area contributed by atoms with Gasteiger partial charge in [-0.25, -0.2) is 0 Å². The van der Waals surface area contributed by atoms with Crippen LogP contribution in [0.2, 0.25) is 0 Å². The molecule has 1 unspecified atom stereocenters. The maximum Gasteiger partial charge on any atom is 0.163 e. The second-order valence-electron chi connectivity index (χ2n) is 4.80. The van der Waals surface area contributed by atoms with Gasteiger partial charge in [0, 0.05) is 12.0 Å². The molecular formula is C15H21NO2. The summed E-state index contributed by atoms with van der Waals surface area (Å²) in [6.07, 6.45) is 3.00. The highest BCUT2D eigenvalue weighted by Gasteiger charge is 2.17. The Hall–Kier alpha value is -1.35. The van der Waals surface area contributed by atoms with Crippen molar-refractivity contribution in [3.63, 3.8) is 0 Å². The van der Waals surface area contributed by atoms with Crippen LogP contribution in [0.25, 0.3) is 0 Å². The number of rotatable bonds is 5. The van der Waals surface area contributed by atoms with E-state index in [2.05, 4.69) is 5.32 Å². The van der Waals surface area contributed by atoms with Gasteiger partial charge in [0.2, 0.25) is 0 Å². The smallest absolute Gasteiger partial charge is 0.163 e. The summed E-state index contributed by atoms with van der Waals surface area (Å²) in [6.45, 7) is 4.67. The molecule has 0 saturated carbocycles. The van der Waals surface area contributed by atoms with Gasteiger partial charge < -0.3 is 10.1 Å². The SMILES string of the molecule is CCOc1ccc(C(=O)CC2CCCNC2)cc1. The molecule has 1 aliphatic rings. The van der Waals surface area contributed by atoms with Crippen molar-refractivity contribution in [2.24, 2.45) is 5.92 Å². The van der Waals surface area contributed by atoms with Crippen LogP contribution in [-0.2, 0) is 0 Å². The Kier molecular flexibility index (Phi) is 4.76. The Bertz CT molecular complexity index is 380. The Morgan fingerprint density at radius 3 is 2.78 bits per heavy atom. The predicted molar refractivity (Wildman–Crippen MR) is 72.2 cm³/mol. The summed E-state index contributed by atoms with van der Waals surface area (Å²) in [6, 6.07) is 7.47. The lowest BCUT2D eigenvalue weighted by molar-refractivity contribution is 0.0954. The molecule has 3 nitrogen and oxygen atoms in total. The van der Waals surface area contributed by atoms with E-state index in [1.165, 1.54) is 6.42 Å². The van der Waals surface area contributed by atoms with Crippen LogP contribution >= 0.6 is 0 Å². The van der Waals surface area contributed by atoms with Gasteiger partial charge in [0.25, 0.3) is 0 Å². The molecule has 1 saturated heterocycles. The van der Waals surface area contributed by atoms with Gasteiger partial charge in [0.1, 0.15) is 5.75 Å². The zero-order valence-electron chi connectivity index (χ0n) is 10.9. The minimum absolute atomic E-state index is 0.242. The van der Waals surface area contributed by atoms with Crippen molar-refractivity contribution in [2.75, 3.05) is 19.7 Å². The van der Waals surface area contributed by atoms with Crippen molar-refractivity contribution < 1.29 is 9.53 Å². The number of hydrogen-bond acceptors (Lipinski definition) is 3. The van der Waals surface area contributed by atoms with E-state index in [0.29, 0.717) is 18.9 Å². The molecule has 1 aliphatic heterocycles. The number of Topliss-reactive ketones (excluding diaryl/α,β-unsaturated/α-hetero) is 1. The summed E-state index contributed by atoms with van der Waals surface area (Å²) in [4.78, 5) is 12.1. The molecule has 98 valence electrons. The zero-order chi connectivity index (χ0) is 12.8. The third-order valence-corrected chi connectivity index (χ3v) is 3.36. The van der Waals surface area contributed by atoms with E-state index in [-0.39, 0.29) is 5.78 Å². The number of carbonyl (C=O) groups excluding carboxylic acids is 1. The van der Waals surface area contributed by atoms with Gasteiger partial charge in [-0.3, -0.25) is 4.79 Å². The molecule has 0 aliphatic carbocycles. The maximum atomic E-state index is 12.1. The number of carbonyl (C=O) groups is 1. The fraction of sp³-hybridized carbons (Fsp3) is 0.533. The van der Waals surface area contributed by atoms with Gasteiger partial charge in [-0.2, -0.15) is 0 Å². The molecule has 1 heterocycles. The molecular weight excluding hydrogens is 226 g/mol. The van der Waals surface area contributed by atoms with Gasteiger partial charge >= 0.3 is 0 Å². The van der Waals surface area contributed by atoms with Crippen LogP contribution in [-0.4, -0.2) is 25.5 Å². The lowest BCUT2D eigenvalue weighted by Gasteiger charge is -2.21. The number of ether oxygens (including phenoxy) is 1. The Balaban J connectivity index is 1.91. The van der Waals surface area contributed by atoms with Crippen molar-refractivity contribution in [1.29, 1.82) is 0 Å². The minimum atomic E-state index is 0.242. The van der Waals surface area contributed by atoms with Crippen molar-refractivity contribution in [2.45, 2.75) is 26.2 Å². The van der Waals surface area contributed by atoms with E-state index in [4.69, 9.17) is 4.74 Å². The fourth-order valence-electron chi connectivity index (χ4n) is 2.38. The zero-order valence-corrected chi connectivity index (χ0v) is 10.9. The molecule has 3 heteroatoms. The second kappa shape index (κ2) is 6.55. The quantitative estimate of drug-likeness (QED) is 0.813. The summed E-state index contributed by atoms with van der Waals surface area (Å²) in [5, 5.41) is 3.35. The van der Waals surface area contributed by atoms with Crippen LogP contribution in [0, 0.1) is 5.92 Å². The third-order valence-electron chi connectivity index (χ3n) is 3.36. The van der Waals surface area contributed by atoms with E-state index in [1.54, 1.807) is 0 Å². The number of nitrogens with one attached hydrogen (secondary N) is 1. The first kappa shape index (κ1) is 13.1. The molecule has 0 aromatic heterocycles. The molecule has 1 fully saturated rings. The minimum Gasteiger partial charge on any atom is -0.494 e. The first-order chi connectivity index (χ1) is 8.79. The monoisotopic (exact) mass is 247 g/mol. The first-order valence-corrected chi connectivity index (χ1v) is 6.76. The van der Waals surface area contributed by atoms with E-state index < -0.39 is 0 Å². The van der Waals surface area contributed by atoms with Crippen LogP contribution < -0.4 is 10.1 Å². The maximum absolute atomic E-state index is 12.1. The number of hydrogen-bond donors (Lipinski definition) is 1. The highest BCUT2D eigenvalue weighted by atomic mass is 16.5. The number of benzene rings is 1. The first-order valence-electron chi connectivity index (χ1n) is 6.76. The van der Waals surface area contributed by atoms with E-state index in [1.807, 2.05) is 31.2 Å². The van der Waals surface area contributed by atoms with E-state index in [9.17, 15) is 4.79 Å². The lowest BCUT2D eigenvalue weighted by Crippen LogP contribution is -2.31. The molecule has 18 heavy (non-hydrogen) atoms. The van der Waals surface area contributed by atoms with Crippen LogP contribution in [0.3, 0.4) is 0 Å².